The lowest BCUT2D eigenvalue weighted by Crippen LogP contribution is -2.32. The van der Waals surface area contributed by atoms with Gasteiger partial charge in [-0.25, -0.2) is 0 Å². The second-order valence-electron chi connectivity index (χ2n) is 3.51. The fraction of sp³-hybridized carbons (Fsp3) is 0.333. The van der Waals surface area contributed by atoms with Crippen LogP contribution < -0.4 is 0 Å². The highest BCUT2D eigenvalue weighted by Gasteiger charge is 2.15. The highest BCUT2D eigenvalue weighted by molar-refractivity contribution is 9.10. The van der Waals surface area contributed by atoms with Crippen LogP contribution in [0.3, 0.4) is 0 Å². The number of halogens is 2. The molecule has 0 atom stereocenters. The molecule has 17 heavy (non-hydrogen) atoms. The molecule has 1 amide bonds. The lowest BCUT2D eigenvalue weighted by Gasteiger charge is -2.18. The van der Waals surface area contributed by atoms with Crippen molar-refractivity contribution in [1.82, 2.24) is 4.90 Å². The number of hydrogen-bond acceptors (Lipinski definition) is 2. The zero-order chi connectivity index (χ0) is 12.8. The van der Waals surface area contributed by atoms with E-state index in [0.29, 0.717) is 21.6 Å². The lowest BCUT2D eigenvalue weighted by atomic mass is 10.2. The molecule has 0 unspecified atom stereocenters. The maximum Gasteiger partial charge on any atom is 0.254 e. The number of carbonyl (C=O) groups excluding carboxylic acids is 1. The van der Waals surface area contributed by atoms with Crippen molar-refractivity contribution in [3.8, 4) is 6.07 Å². The normalized spacial score (nSPS) is 9.76. The van der Waals surface area contributed by atoms with Crippen LogP contribution in [0.5, 0.6) is 0 Å². The lowest BCUT2D eigenvalue weighted by molar-refractivity contribution is 0.0776. The topological polar surface area (TPSA) is 44.1 Å². The van der Waals surface area contributed by atoms with Crippen LogP contribution in [0.1, 0.15) is 23.7 Å². The maximum absolute atomic E-state index is 12.1. The van der Waals surface area contributed by atoms with Crippen LogP contribution in [0.25, 0.3) is 0 Å². The van der Waals surface area contributed by atoms with Gasteiger partial charge in [0.2, 0.25) is 0 Å². The molecule has 0 aromatic heterocycles. The quantitative estimate of drug-likeness (QED) is 0.798. The van der Waals surface area contributed by atoms with Crippen LogP contribution in [0, 0.1) is 11.3 Å². The Labute approximate surface area is 114 Å². The largest absolute Gasteiger partial charge is 0.325 e. The molecule has 3 nitrogen and oxygen atoms in total. The average Bonchev–Trinajstić information content (AvgIpc) is 2.31. The minimum Gasteiger partial charge on any atom is -0.325 e. The van der Waals surface area contributed by atoms with Crippen molar-refractivity contribution in [2.45, 2.75) is 13.3 Å². The third-order valence-corrected chi connectivity index (χ3v) is 3.42. The van der Waals surface area contributed by atoms with Crippen molar-refractivity contribution >= 4 is 33.4 Å². The van der Waals surface area contributed by atoms with E-state index >= 15 is 0 Å². The van der Waals surface area contributed by atoms with E-state index in [0.717, 1.165) is 6.42 Å². The van der Waals surface area contributed by atoms with E-state index in [1.807, 2.05) is 13.0 Å². The molecular formula is C12H12BrClN2O. The third kappa shape index (κ3) is 3.72. The fourth-order valence-corrected chi connectivity index (χ4v) is 1.92. The van der Waals surface area contributed by atoms with Gasteiger partial charge in [0, 0.05) is 16.6 Å². The Hall–Kier alpha value is -1.05. The molecule has 0 saturated carbocycles. The smallest absolute Gasteiger partial charge is 0.254 e. The molecule has 0 aliphatic carbocycles. The summed E-state index contributed by atoms with van der Waals surface area (Å²) in [6.07, 6.45) is 0.822. The third-order valence-electron chi connectivity index (χ3n) is 2.21. The van der Waals surface area contributed by atoms with Crippen molar-refractivity contribution in [1.29, 1.82) is 5.26 Å². The molecule has 1 aromatic carbocycles. The summed E-state index contributed by atoms with van der Waals surface area (Å²) in [5.74, 6) is -0.147. The van der Waals surface area contributed by atoms with E-state index in [1.54, 1.807) is 18.2 Å². The summed E-state index contributed by atoms with van der Waals surface area (Å²) >= 11 is 9.14. The van der Waals surface area contributed by atoms with Crippen LogP contribution in [-0.2, 0) is 0 Å². The second kappa shape index (κ2) is 6.63. The fourth-order valence-electron chi connectivity index (χ4n) is 1.42. The first kappa shape index (κ1) is 14.0. The first-order valence-corrected chi connectivity index (χ1v) is 6.38. The van der Waals surface area contributed by atoms with Crippen LogP contribution in [0.15, 0.2) is 22.7 Å². The van der Waals surface area contributed by atoms with Crippen molar-refractivity contribution in [2.24, 2.45) is 0 Å². The van der Waals surface area contributed by atoms with E-state index in [4.69, 9.17) is 16.9 Å². The summed E-state index contributed by atoms with van der Waals surface area (Å²) in [6, 6.07) is 6.99. The summed E-state index contributed by atoms with van der Waals surface area (Å²) < 4.78 is 0.679. The van der Waals surface area contributed by atoms with Crippen LogP contribution >= 0.6 is 27.5 Å². The predicted molar refractivity (Wildman–Crippen MR) is 71.0 cm³/mol. The number of hydrogen-bond donors (Lipinski definition) is 0. The molecule has 0 N–H and O–H groups in total. The molecule has 0 aliphatic heterocycles. The van der Waals surface area contributed by atoms with Gasteiger partial charge < -0.3 is 4.90 Å². The zero-order valence-electron chi connectivity index (χ0n) is 9.41. The minimum absolute atomic E-state index is 0.104. The Morgan fingerprint density at radius 1 is 1.59 bits per heavy atom. The van der Waals surface area contributed by atoms with E-state index in [2.05, 4.69) is 15.9 Å². The summed E-state index contributed by atoms with van der Waals surface area (Å²) in [5, 5.41) is 9.24. The molecule has 0 bridgehead atoms. The Balaban J connectivity index is 2.93. The molecule has 0 radical (unpaired) electrons. The van der Waals surface area contributed by atoms with Crippen molar-refractivity contribution < 1.29 is 4.79 Å². The Morgan fingerprint density at radius 2 is 2.29 bits per heavy atom. The number of carbonyl (C=O) groups is 1. The first-order valence-electron chi connectivity index (χ1n) is 5.21. The van der Waals surface area contributed by atoms with Crippen LogP contribution in [0.2, 0.25) is 5.02 Å². The van der Waals surface area contributed by atoms with Crippen LogP contribution in [0.4, 0.5) is 0 Å². The highest BCUT2D eigenvalue weighted by Crippen LogP contribution is 2.23. The second-order valence-corrected chi connectivity index (χ2v) is 4.78. The van der Waals surface area contributed by atoms with Gasteiger partial charge >= 0.3 is 0 Å². The zero-order valence-corrected chi connectivity index (χ0v) is 11.8. The van der Waals surface area contributed by atoms with E-state index in [-0.39, 0.29) is 12.5 Å². The molecule has 0 heterocycles. The molecule has 0 aliphatic rings. The van der Waals surface area contributed by atoms with Crippen molar-refractivity contribution in [2.75, 3.05) is 13.1 Å². The summed E-state index contributed by atoms with van der Waals surface area (Å²) in [5.41, 5.74) is 0.532. The molecule has 1 aromatic rings. The standard InChI is InChI=1S/C12H12BrClN2O/c1-2-6-16(7-5-15)12(17)9-3-4-11(14)10(13)8-9/h3-4,8H,2,6-7H2,1H3. The van der Waals surface area contributed by atoms with E-state index < -0.39 is 0 Å². The number of benzene rings is 1. The van der Waals surface area contributed by atoms with Gasteiger partial charge in [0.1, 0.15) is 6.54 Å². The van der Waals surface area contributed by atoms with Gasteiger partial charge in [-0.15, -0.1) is 0 Å². The molecule has 90 valence electrons. The monoisotopic (exact) mass is 314 g/mol. The maximum atomic E-state index is 12.1. The highest BCUT2D eigenvalue weighted by atomic mass is 79.9. The number of nitrogens with zero attached hydrogens (tertiary/aromatic N) is 2. The minimum atomic E-state index is -0.147. The van der Waals surface area contributed by atoms with Crippen molar-refractivity contribution in [3.63, 3.8) is 0 Å². The van der Waals surface area contributed by atoms with Gasteiger partial charge in [-0.3, -0.25) is 4.79 Å². The first-order chi connectivity index (χ1) is 8.10. The van der Waals surface area contributed by atoms with Gasteiger partial charge in [0.05, 0.1) is 11.1 Å². The Bertz CT molecular complexity index is 456. The molecule has 0 saturated heterocycles. The molecule has 0 fully saturated rings. The van der Waals surface area contributed by atoms with Gasteiger partial charge in [0.25, 0.3) is 5.91 Å². The predicted octanol–water partition coefficient (Wildman–Crippen LogP) is 3.48. The summed E-state index contributed by atoms with van der Waals surface area (Å²) in [6.45, 7) is 2.65. The Morgan fingerprint density at radius 3 is 2.82 bits per heavy atom. The molecule has 5 heteroatoms. The van der Waals surface area contributed by atoms with Gasteiger partial charge in [-0.05, 0) is 40.5 Å². The van der Waals surface area contributed by atoms with Gasteiger partial charge in [-0.2, -0.15) is 5.26 Å². The number of rotatable bonds is 4. The van der Waals surface area contributed by atoms with Crippen LogP contribution in [-0.4, -0.2) is 23.9 Å². The summed E-state index contributed by atoms with van der Waals surface area (Å²) in [7, 11) is 0. The molecule has 1 rings (SSSR count). The summed E-state index contributed by atoms with van der Waals surface area (Å²) in [4.78, 5) is 13.6. The molecular weight excluding hydrogens is 304 g/mol. The average molecular weight is 316 g/mol. The van der Waals surface area contributed by atoms with E-state index in [1.165, 1.54) is 4.90 Å². The SMILES string of the molecule is CCCN(CC#N)C(=O)c1ccc(Cl)c(Br)c1. The number of amides is 1. The Kier molecular flexibility index (Phi) is 5.46. The van der Waals surface area contributed by atoms with Gasteiger partial charge in [0.15, 0.2) is 0 Å². The number of nitriles is 1. The molecule has 0 spiro atoms. The van der Waals surface area contributed by atoms with Gasteiger partial charge in [-0.1, -0.05) is 18.5 Å². The van der Waals surface area contributed by atoms with Crippen molar-refractivity contribution in [3.05, 3.63) is 33.3 Å². The van der Waals surface area contributed by atoms with E-state index in [9.17, 15) is 4.79 Å².